The van der Waals surface area contributed by atoms with E-state index < -0.39 is 11.7 Å². The highest BCUT2D eigenvalue weighted by molar-refractivity contribution is 9.10. The van der Waals surface area contributed by atoms with Crippen LogP contribution in [-0.4, -0.2) is 29.9 Å². The van der Waals surface area contributed by atoms with Gasteiger partial charge >= 0.3 is 6.09 Å². The SMILES string of the molecule is CC(C)(C)OC(=O)NCC(CN)c1c(O)cccc1Br. The number of hydrogen-bond acceptors (Lipinski definition) is 4. The molecule has 0 saturated carbocycles. The molecular formula is C14H21BrN2O3. The number of carbonyl (C=O) groups excluding carboxylic acids is 1. The first-order valence-electron chi connectivity index (χ1n) is 6.39. The molecular weight excluding hydrogens is 324 g/mol. The van der Waals surface area contributed by atoms with E-state index in [0.29, 0.717) is 18.7 Å². The molecule has 0 bridgehead atoms. The fourth-order valence-corrected chi connectivity index (χ4v) is 2.43. The van der Waals surface area contributed by atoms with Crippen molar-refractivity contribution in [1.29, 1.82) is 0 Å². The van der Waals surface area contributed by atoms with Gasteiger partial charge in [-0.15, -0.1) is 0 Å². The first-order chi connectivity index (χ1) is 9.24. The summed E-state index contributed by atoms with van der Waals surface area (Å²) >= 11 is 3.38. The zero-order valence-corrected chi connectivity index (χ0v) is 13.5. The topological polar surface area (TPSA) is 84.6 Å². The van der Waals surface area contributed by atoms with Gasteiger partial charge in [-0.1, -0.05) is 22.0 Å². The lowest BCUT2D eigenvalue weighted by molar-refractivity contribution is 0.0524. The Morgan fingerprint density at radius 2 is 2.15 bits per heavy atom. The third-order valence-corrected chi connectivity index (χ3v) is 3.31. The molecule has 6 heteroatoms. The van der Waals surface area contributed by atoms with Crippen LogP contribution in [0.5, 0.6) is 5.75 Å². The van der Waals surface area contributed by atoms with Crippen molar-refractivity contribution in [3.8, 4) is 5.75 Å². The molecule has 0 saturated heterocycles. The normalized spacial score (nSPS) is 12.8. The van der Waals surface area contributed by atoms with E-state index >= 15 is 0 Å². The van der Waals surface area contributed by atoms with Crippen LogP contribution in [0.15, 0.2) is 22.7 Å². The van der Waals surface area contributed by atoms with E-state index in [1.54, 1.807) is 32.9 Å². The van der Waals surface area contributed by atoms with Crippen molar-refractivity contribution in [1.82, 2.24) is 5.32 Å². The third-order valence-electron chi connectivity index (χ3n) is 2.61. The summed E-state index contributed by atoms with van der Waals surface area (Å²) in [6, 6.07) is 5.15. The van der Waals surface area contributed by atoms with Gasteiger partial charge < -0.3 is 20.9 Å². The Bertz CT molecular complexity index is 452. The number of rotatable bonds is 4. The van der Waals surface area contributed by atoms with Gasteiger partial charge in [-0.25, -0.2) is 4.79 Å². The van der Waals surface area contributed by atoms with Crippen LogP contribution in [0.4, 0.5) is 4.79 Å². The second kappa shape index (κ2) is 6.95. The Kier molecular flexibility index (Phi) is 5.83. The minimum Gasteiger partial charge on any atom is -0.508 e. The lowest BCUT2D eigenvalue weighted by Gasteiger charge is -2.22. The van der Waals surface area contributed by atoms with Crippen LogP contribution in [-0.2, 0) is 4.74 Å². The average molecular weight is 345 g/mol. The summed E-state index contributed by atoms with van der Waals surface area (Å²) in [5, 5.41) is 12.6. The summed E-state index contributed by atoms with van der Waals surface area (Å²) in [5.74, 6) is -0.0427. The molecule has 1 aromatic carbocycles. The highest BCUT2D eigenvalue weighted by Gasteiger charge is 2.20. The summed E-state index contributed by atoms with van der Waals surface area (Å²) in [5.41, 5.74) is 5.87. The van der Waals surface area contributed by atoms with Crippen molar-refractivity contribution in [2.75, 3.05) is 13.1 Å². The Balaban J connectivity index is 2.71. The van der Waals surface area contributed by atoms with Gasteiger partial charge in [0.1, 0.15) is 11.4 Å². The highest BCUT2D eigenvalue weighted by atomic mass is 79.9. The molecule has 1 atom stereocenters. The number of carbonyl (C=O) groups is 1. The molecule has 1 unspecified atom stereocenters. The van der Waals surface area contributed by atoms with E-state index in [-0.39, 0.29) is 11.7 Å². The van der Waals surface area contributed by atoms with Crippen molar-refractivity contribution in [2.24, 2.45) is 5.73 Å². The number of ether oxygens (including phenoxy) is 1. The fourth-order valence-electron chi connectivity index (χ4n) is 1.75. The largest absolute Gasteiger partial charge is 0.508 e. The van der Waals surface area contributed by atoms with Gasteiger partial charge in [0.2, 0.25) is 0 Å². The van der Waals surface area contributed by atoms with Crippen LogP contribution in [0.2, 0.25) is 0 Å². The molecule has 0 fully saturated rings. The molecule has 112 valence electrons. The first-order valence-corrected chi connectivity index (χ1v) is 7.18. The van der Waals surface area contributed by atoms with Crippen LogP contribution in [0.1, 0.15) is 32.3 Å². The van der Waals surface area contributed by atoms with Gasteiger partial charge in [-0.05, 0) is 32.9 Å². The molecule has 0 aromatic heterocycles. The summed E-state index contributed by atoms with van der Waals surface area (Å²) in [4.78, 5) is 11.6. The molecule has 5 nitrogen and oxygen atoms in total. The van der Waals surface area contributed by atoms with E-state index in [1.807, 2.05) is 6.07 Å². The van der Waals surface area contributed by atoms with E-state index in [2.05, 4.69) is 21.2 Å². The van der Waals surface area contributed by atoms with Crippen molar-refractivity contribution in [2.45, 2.75) is 32.3 Å². The molecule has 0 spiro atoms. The first kappa shape index (κ1) is 16.8. The second-order valence-corrected chi connectivity index (χ2v) is 6.34. The molecule has 1 rings (SSSR count). The maximum atomic E-state index is 11.6. The number of nitrogens with two attached hydrogens (primary N) is 1. The van der Waals surface area contributed by atoms with Gasteiger partial charge in [0.05, 0.1) is 0 Å². The van der Waals surface area contributed by atoms with Crippen molar-refractivity contribution in [3.63, 3.8) is 0 Å². The Hall–Kier alpha value is -1.27. The Morgan fingerprint density at radius 3 is 2.65 bits per heavy atom. The molecule has 20 heavy (non-hydrogen) atoms. The van der Waals surface area contributed by atoms with Gasteiger partial charge in [-0.2, -0.15) is 0 Å². The quantitative estimate of drug-likeness (QED) is 0.783. The van der Waals surface area contributed by atoms with Crippen molar-refractivity contribution in [3.05, 3.63) is 28.2 Å². The van der Waals surface area contributed by atoms with Crippen LogP contribution < -0.4 is 11.1 Å². The minimum atomic E-state index is -0.544. The van der Waals surface area contributed by atoms with E-state index in [1.165, 1.54) is 0 Å². The molecule has 0 aliphatic carbocycles. The van der Waals surface area contributed by atoms with Gasteiger partial charge in [0.25, 0.3) is 0 Å². The van der Waals surface area contributed by atoms with Gasteiger partial charge in [0.15, 0.2) is 0 Å². The second-order valence-electron chi connectivity index (χ2n) is 5.49. The zero-order chi connectivity index (χ0) is 15.3. The Morgan fingerprint density at radius 1 is 1.50 bits per heavy atom. The zero-order valence-electron chi connectivity index (χ0n) is 11.9. The summed E-state index contributed by atoms with van der Waals surface area (Å²) in [6.45, 7) is 5.99. The van der Waals surface area contributed by atoms with Crippen molar-refractivity contribution < 1.29 is 14.6 Å². The fraction of sp³-hybridized carbons (Fsp3) is 0.500. The molecule has 1 amide bonds. The lowest BCUT2D eigenvalue weighted by Crippen LogP contribution is -2.36. The maximum absolute atomic E-state index is 11.6. The molecule has 4 N–H and O–H groups in total. The molecule has 0 aliphatic heterocycles. The molecule has 0 radical (unpaired) electrons. The predicted molar refractivity (Wildman–Crippen MR) is 81.8 cm³/mol. The number of nitrogens with one attached hydrogen (secondary N) is 1. The molecule has 0 heterocycles. The summed E-state index contributed by atoms with van der Waals surface area (Å²) < 4.78 is 5.93. The smallest absolute Gasteiger partial charge is 0.407 e. The van der Waals surface area contributed by atoms with Crippen molar-refractivity contribution >= 4 is 22.0 Å². The van der Waals surface area contributed by atoms with E-state index in [9.17, 15) is 9.90 Å². The Labute approximate surface area is 127 Å². The number of benzene rings is 1. The van der Waals surface area contributed by atoms with Crippen LogP contribution in [0.25, 0.3) is 0 Å². The predicted octanol–water partition coefficient (Wildman–Crippen LogP) is 2.72. The number of hydrogen-bond donors (Lipinski definition) is 3. The number of amides is 1. The third kappa shape index (κ3) is 5.02. The lowest BCUT2D eigenvalue weighted by atomic mass is 9.98. The maximum Gasteiger partial charge on any atom is 0.407 e. The van der Waals surface area contributed by atoms with Gasteiger partial charge in [0, 0.05) is 29.0 Å². The number of phenols is 1. The van der Waals surface area contributed by atoms with Crippen LogP contribution in [0, 0.1) is 0 Å². The standard InChI is InChI=1S/C14H21BrN2O3/c1-14(2,3)20-13(19)17-8-9(7-16)12-10(15)5-4-6-11(12)18/h4-6,9,18H,7-8,16H2,1-3H3,(H,17,19). The van der Waals surface area contributed by atoms with E-state index in [0.717, 1.165) is 4.47 Å². The van der Waals surface area contributed by atoms with E-state index in [4.69, 9.17) is 10.5 Å². The minimum absolute atomic E-state index is 0.154. The highest BCUT2D eigenvalue weighted by Crippen LogP contribution is 2.32. The number of alkyl carbamates (subject to hydrolysis) is 1. The number of halogens is 1. The number of aromatic hydroxyl groups is 1. The van der Waals surface area contributed by atoms with Crippen LogP contribution >= 0.6 is 15.9 Å². The number of phenolic OH excluding ortho intramolecular Hbond substituents is 1. The average Bonchev–Trinajstić information content (AvgIpc) is 2.30. The monoisotopic (exact) mass is 344 g/mol. The summed E-state index contributed by atoms with van der Waals surface area (Å²) in [6.07, 6.45) is -0.498. The molecule has 0 aliphatic rings. The van der Waals surface area contributed by atoms with Crippen LogP contribution in [0.3, 0.4) is 0 Å². The van der Waals surface area contributed by atoms with Gasteiger partial charge in [-0.3, -0.25) is 0 Å². The molecule has 1 aromatic rings. The summed E-state index contributed by atoms with van der Waals surface area (Å²) in [7, 11) is 0.